The monoisotopic (exact) mass is 394 g/mol. The summed E-state index contributed by atoms with van der Waals surface area (Å²) in [5.74, 6) is 0.673. The molecule has 0 saturated carbocycles. The predicted octanol–water partition coefficient (Wildman–Crippen LogP) is 3.90. The molecule has 0 aliphatic rings. The van der Waals surface area contributed by atoms with Crippen molar-refractivity contribution in [1.29, 1.82) is 0 Å². The molecule has 0 aliphatic carbocycles. The Hall–Kier alpha value is -1.37. The fourth-order valence-electron chi connectivity index (χ4n) is 1.97. The lowest BCUT2D eigenvalue weighted by Crippen LogP contribution is -2.25. The molecule has 0 atom stereocenters. The summed E-state index contributed by atoms with van der Waals surface area (Å²) in [5.41, 5.74) is 1.80. The third-order valence-electron chi connectivity index (χ3n) is 3.09. The standard InChI is InChI=1S/C17H19BrN2O2S/c1-22-10-4-9-19-16(21)15-7-3-8-20-17(15)23-12-13-5-2-6-14(18)11-13/h2-3,5-8,11H,4,9-10,12H2,1H3,(H,19,21). The molecule has 2 aromatic rings. The van der Waals surface area contributed by atoms with E-state index in [1.807, 2.05) is 18.2 Å². The predicted molar refractivity (Wildman–Crippen MR) is 96.8 cm³/mol. The van der Waals surface area contributed by atoms with Crippen LogP contribution < -0.4 is 5.32 Å². The zero-order valence-electron chi connectivity index (χ0n) is 12.9. The van der Waals surface area contributed by atoms with Crippen LogP contribution in [0.3, 0.4) is 0 Å². The molecule has 6 heteroatoms. The summed E-state index contributed by atoms with van der Waals surface area (Å²) in [5, 5.41) is 3.65. The minimum absolute atomic E-state index is 0.0917. The quantitative estimate of drug-likeness (QED) is 0.544. The van der Waals surface area contributed by atoms with E-state index in [1.54, 1.807) is 31.1 Å². The number of halogens is 1. The van der Waals surface area contributed by atoms with E-state index in [9.17, 15) is 4.79 Å². The van der Waals surface area contributed by atoms with Gasteiger partial charge in [-0.15, -0.1) is 11.8 Å². The molecular weight excluding hydrogens is 376 g/mol. The first kappa shape index (κ1) is 18.0. The van der Waals surface area contributed by atoms with Gasteiger partial charge in [-0.25, -0.2) is 4.98 Å². The highest BCUT2D eigenvalue weighted by atomic mass is 79.9. The SMILES string of the molecule is COCCCNC(=O)c1cccnc1SCc1cccc(Br)c1. The number of ether oxygens (including phenoxy) is 1. The number of methoxy groups -OCH3 is 1. The van der Waals surface area contributed by atoms with Crippen LogP contribution >= 0.6 is 27.7 Å². The summed E-state index contributed by atoms with van der Waals surface area (Å²) in [4.78, 5) is 16.6. The van der Waals surface area contributed by atoms with Crippen molar-refractivity contribution in [3.63, 3.8) is 0 Å². The van der Waals surface area contributed by atoms with Gasteiger partial charge in [0.25, 0.3) is 5.91 Å². The van der Waals surface area contributed by atoms with Crippen molar-refractivity contribution in [2.45, 2.75) is 17.2 Å². The Balaban J connectivity index is 1.98. The second-order valence-corrected chi connectivity index (χ2v) is 6.76. The number of nitrogens with zero attached hydrogens (tertiary/aromatic N) is 1. The summed E-state index contributed by atoms with van der Waals surface area (Å²) < 4.78 is 6.03. The number of pyridine rings is 1. The third-order valence-corrected chi connectivity index (χ3v) is 4.66. The molecule has 0 bridgehead atoms. The van der Waals surface area contributed by atoms with Crippen molar-refractivity contribution in [2.75, 3.05) is 20.3 Å². The molecule has 1 aromatic carbocycles. The molecule has 0 fully saturated rings. The fourth-order valence-corrected chi connectivity index (χ4v) is 3.35. The Morgan fingerprint density at radius 2 is 2.22 bits per heavy atom. The van der Waals surface area contributed by atoms with Crippen LogP contribution in [0.2, 0.25) is 0 Å². The van der Waals surface area contributed by atoms with Gasteiger partial charge in [0.05, 0.1) is 5.56 Å². The number of hydrogen-bond donors (Lipinski definition) is 1. The second kappa shape index (κ2) is 9.70. The lowest BCUT2D eigenvalue weighted by atomic mass is 10.2. The van der Waals surface area contributed by atoms with Crippen LogP contribution in [0.1, 0.15) is 22.3 Å². The lowest BCUT2D eigenvalue weighted by Gasteiger charge is -2.09. The number of carbonyl (C=O) groups is 1. The number of thioether (sulfide) groups is 1. The topological polar surface area (TPSA) is 51.2 Å². The number of nitrogens with one attached hydrogen (secondary N) is 1. The highest BCUT2D eigenvalue weighted by Gasteiger charge is 2.12. The number of aromatic nitrogens is 1. The molecule has 23 heavy (non-hydrogen) atoms. The van der Waals surface area contributed by atoms with Crippen LogP contribution in [0.25, 0.3) is 0 Å². The minimum atomic E-state index is -0.0917. The Labute approximate surface area is 149 Å². The first-order valence-corrected chi connectivity index (χ1v) is 9.08. The lowest BCUT2D eigenvalue weighted by molar-refractivity contribution is 0.0945. The Morgan fingerprint density at radius 3 is 3.00 bits per heavy atom. The summed E-state index contributed by atoms with van der Waals surface area (Å²) in [6, 6.07) is 11.7. The zero-order chi connectivity index (χ0) is 16.5. The maximum absolute atomic E-state index is 12.3. The largest absolute Gasteiger partial charge is 0.385 e. The number of carbonyl (C=O) groups excluding carboxylic acids is 1. The van der Waals surface area contributed by atoms with Crippen molar-refractivity contribution >= 4 is 33.6 Å². The van der Waals surface area contributed by atoms with Crippen LogP contribution in [-0.2, 0) is 10.5 Å². The van der Waals surface area contributed by atoms with Crippen LogP contribution in [0.15, 0.2) is 52.1 Å². The van der Waals surface area contributed by atoms with E-state index in [2.05, 4.69) is 38.4 Å². The van der Waals surface area contributed by atoms with Gasteiger partial charge in [0.15, 0.2) is 0 Å². The first-order valence-electron chi connectivity index (χ1n) is 7.30. The van der Waals surface area contributed by atoms with Crippen molar-refractivity contribution < 1.29 is 9.53 Å². The van der Waals surface area contributed by atoms with E-state index in [0.717, 1.165) is 21.7 Å². The molecule has 0 unspecified atom stereocenters. The average molecular weight is 395 g/mol. The maximum atomic E-state index is 12.3. The Morgan fingerprint density at radius 1 is 1.35 bits per heavy atom. The molecule has 4 nitrogen and oxygen atoms in total. The van der Waals surface area contributed by atoms with Crippen molar-refractivity contribution in [3.8, 4) is 0 Å². The molecule has 1 amide bonds. The molecule has 122 valence electrons. The van der Waals surface area contributed by atoms with Crippen LogP contribution in [0, 0.1) is 0 Å². The maximum Gasteiger partial charge on any atom is 0.254 e. The van der Waals surface area contributed by atoms with Crippen LogP contribution in [-0.4, -0.2) is 31.2 Å². The van der Waals surface area contributed by atoms with Crippen molar-refractivity contribution in [1.82, 2.24) is 10.3 Å². The van der Waals surface area contributed by atoms with Gasteiger partial charge in [-0.3, -0.25) is 4.79 Å². The fraction of sp³-hybridized carbons (Fsp3) is 0.294. The first-order chi connectivity index (χ1) is 11.2. The van der Waals surface area contributed by atoms with E-state index in [-0.39, 0.29) is 5.91 Å². The smallest absolute Gasteiger partial charge is 0.254 e. The number of hydrogen-bond acceptors (Lipinski definition) is 4. The third kappa shape index (κ3) is 5.97. The van der Waals surface area contributed by atoms with Gasteiger partial charge >= 0.3 is 0 Å². The van der Waals surface area contributed by atoms with Gasteiger partial charge in [-0.05, 0) is 36.2 Å². The summed E-state index contributed by atoms with van der Waals surface area (Å²) >= 11 is 5.03. The molecule has 0 aliphatic heterocycles. The molecule has 0 radical (unpaired) electrons. The molecule has 0 spiro atoms. The van der Waals surface area contributed by atoms with Crippen molar-refractivity contribution in [2.24, 2.45) is 0 Å². The molecule has 1 N–H and O–H groups in total. The van der Waals surface area contributed by atoms with Gasteiger partial charge in [0.2, 0.25) is 0 Å². The minimum Gasteiger partial charge on any atom is -0.385 e. The highest BCUT2D eigenvalue weighted by molar-refractivity contribution is 9.10. The second-order valence-electron chi connectivity index (χ2n) is 4.88. The average Bonchev–Trinajstić information content (AvgIpc) is 2.57. The Bertz CT molecular complexity index is 652. The summed E-state index contributed by atoms with van der Waals surface area (Å²) in [6.07, 6.45) is 2.51. The van der Waals surface area contributed by atoms with Gasteiger partial charge in [0.1, 0.15) is 5.03 Å². The number of benzene rings is 1. The van der Waals surface area contributed by atoms with E-state index < -0.39 is 0 Å². The molecule has 0 saturated heterocycles. The molecule has 1 aromatic heterocycles. The van der Waals surface area contributed by atoms with Crippen molar-refractivity contribution in [3.05, 3.63) is 58.2 Å². The van der Waals surface area contributed by atoms with Crippen LogP contribution in [0.4, 0.5) is 0 Å². The summed E-state index contributed by atoms with van der Waals surface area (Å²) in [6.45, 7) is 1.23. The Kier molecular flexibility index (Phi) is 7.58. The van der Waals surface area contributed by atoms with E-state index in [4.69, 9.17) is 4.74 Å². The number of rotatable bonds is 8. The van der Waals surface area contributed by atoms with Gasteiger partial charge in [0, 0.05) is 36.7 Å². The molecule has 1 heterocycles. The van der Waals surface area contributed by atoms with Gasteiger partial charge in [-0.1, -0.05) is 28.1 Å². The van der Waals surface area contributed by atoms with E-state index in [1.165, 1.54) is 5.56 Å². The number of amides is 1. The molecular formula is C17H19BrN2O2S. The van der Waals surface area contributed by atoms with E-state index in [0.29, 0.717) is 18.7 Å². The van der Waals surface area contributed by atoms with E-state index >= 15 is 0 Å². The van der Waals surface area contributed by atoms with Crippen LogP contribution in [0.5, 0.6) is 0 Å². The highest BCUT2D eigenvalue weighted by Crippen LogP contribution is 2.25. The summed E-state index contributed by atoms with van der Waals surface area (Å²) in [7, 11) is 1.65. The molecule has 2 rings (SSSR count). The van der Waals surface area contributed by atoms with Gasteiger partial charge < -0.3 is 10.1 Å². The van der Waals surface area contributed by atoms with Gasteiger partial charge in [-0.2, -0.15) is 0 Å². The normalized spacial score (nSPS) is 10.5. The zero-order valence-corrected chi connectivity index (χ0v) is 15.3.